The van der Waals surface area contributed by atoms with Gasteiger partial charge in [-0.3, -0.25) is 9.36 Å². The van der Waals surface area contributed by atoms with Gasteiger partial charge >= 0.3 is 0 Å². The number of methoxy groups -OCH3 is 2. The number of hydrogen-bond donors (Lipinski definition) is 1. The molecule has 1 aliphatic rings. The molecule has 0 spiro atoms. The minimum absolute atomic E-state index is 0.0311. The second kappa shape index (κ2) is 6.95. The molecule has 0 fully saturated rings. The quantitative estimate of drug-likeness (QED) is 0.745. The van der Waals surface area contributed by atoms with E-state index in [1.54, 1.807) is 19.2 Å². The molecule has 1 aromatic heterocycles. The van der Waals surface area contributed by atoms with E-state index in [1.807, 2.05) is 6.07 Å². The first-order valence-corrected chi connectivity index (χ1v) is 8.56. The molecule has 28 heavy (non-hydrogen) atoms. The minimum atomic E-state index is -0.625. The van der Waals surface area contributed by atoms with E-state index < -0.39 is 17.6 Å². The van der Waals surface area contributed by atoms with E-state index >= 15 is 0 Å². The fourth-order valence-corrected chi connectivity index (χ4v) is 3.42. The molecule has 4 rings (SSSR count). The zero-order chi connectivity index (χ0) is 19.8. The number of imidazole rings is 1. The monoisotopic (exact) mass is 385 g/mol. The number of carbonyl (C=O) groups excluding carboxylic acids is 1. The largest absolute Gasteiger partial charge is 0.497 e. The van der Waals surface area contributed by atoms with E-state index in [9.17, 15) is 13.6 Å². The van der Waals surface area contributed by atoms with Gasteiger partial charge in [-0.05, 0) is 18.2 Å². The molecular weight excluding hydrogens is 368 g/mol. The summed E-state index contributed by atoms with van der Waals surface area (Å²) >= 11 is 0. The molecular formula is C20H17F2N3O3. The third-order valence-electron chi connectivity index (χ3n) is 4.76. The molecule has 144 valence electrons. The van der Waals surface area contributed by atoms with E-state index in [1.165, 1.54) is 18.0 Å². The van der Waals surface area contributed by atoms with Gasteiger partial charge in [-0.25, -0.2) is 13.8 Å². The zero-order valence-electron chi connectivity index (χ0n) is 15.2. The van der Waals surface area contributed by atoms with Gasteiger partial charge in [-0.2, -0.15) is 0 Å². The maximum atomic E-state index is 14.3. The fourth-order valence-electron chi connectivity index (χ4n) is 3.42. The summed E-state index contributed by atoms with van der Waals surface area (Å²) < 4.78 is 39.9. The topological polar surface area (TPSA) is 65.4 Å². The lowest BCUT2D eigenvalue weighted by molar-refractivity contribution is -0.116. The van der Waals surface area contributed by atoms with Crippen molar-refractivity contribution in [3.8, 4) is 17.2 Å². The van der Waals surface area contributed by atoms with Crippen LogP contribution in [0.25, 0.3) is 5.69 Å². The average Bonchev–Trinajstić information content (AvgIpc) is 3.12. The first-order chi connectivity index (χ1) is 13.5. The van der Waals surface area contributed by atoms with Gasteiger partial charge < -0.3 is 14.8 Å². The Labute approximate surface area is 159 Å². The third kappa shape index (κ3) is 2.96. The van der Waals surface area contributed by atoms with Crippen molar-refractivity contribution in [3.05, 3.63) is 65.6 Å². The molecule has 1 aliphatic heterocycles. The molecule has 1 atom stereocenters. The third-order valence-corrected chi connectivity index (χ3v) is 4.76. The first-order valence-electron chi connectivity index (χ1n) is 8.56. The van der Waals surface area contributed by atoms with Crippen LogP contribution in [0.5, 0.6) is 11.5 Å². The number of halogens is 2. The van der Waals surface area contributed by atoms with Crippen LogP contribution in [0.1, 0.15) is 23.6 Å². The van der Waals surface area contributed by atoms with E-state index in [-0.39, 0.29) is 18.0 Å². The standard InChI is InChI=1S/C20H17F2N3O3/c1-27-12-4-5-13(17(8-12)28-2)14-9-18(26)24-20-19(14)23-10-25(20)16-7-11(21)3-6-15(16)22/h3-8,10,14H,9H2,1-2H3,(H,24,26)/t14-/m0/s1. The average molecular weight is 385 g/mol. The number of hydrogen-bond acceptors (Lipinski definition) is 4. The number of ether oxygens (including phenoxy) is 2. The maximum absolute atomic E-state index is 14.3. The maximum Gasteiger partial charge on any atom is 0.226 e. The van der Waals surface area contributed by atoms with Gasteiger partial charge in [-0.1, -0.05) is 6.07 Å². The number of aromatic nitrogens is 2. The summed E-state index contributed by atoms with van der Waals surface area (Å²) in [6, 6.07) is 8.43. The van der Waals surface area contributed by atoms with Crippen molar-refractivity contribution >= 4 is 11.7 Å². The Kier molecular flexibility index (Phi) is 4.46. The zero-order valence-corrected chi connectivity index (χ0v) is 15.2. The number of anilines is 1. The molecule has 8 heteroatoms. The summed E-state index contributed by atoms with van der Waals surface area (Å²) in [6.07, 6.45) is 1.52. The molecule has 0 aliphatic carbocycles. The number of rotatable bonds is 4. The Balaban J connectivity index is 1.85. The number of benzene rings is 2. The molecule has 1 N–H and O–H groups in total. The Morgan fingerprint density at radius 3 is 2.71 bits per heavy atom. The fraction of sp³-hybridized carbons (Fsp3) is 0.200. The Morgan fingerprint density at radius 1 is 1.14 bits per heavy atom. The molecule has 0 saturated carbocycles. The molecule has 6 nitrogen and oxygen atoms in total. The van der Waals surface area contributed by atoms with Crippen LogP contribution in [0.2, 0.25) is 0 Å². The van der Waals surface area contributed by atoms with Crippen LogP contribution < -0.4 is 14.8 Å². The van der Waals surface area contributed by atoms with Gasteiger partial charge in [0.05, 0.1) is 25.6 Å². The molecule has 2 aromatic carbocycles. The molecule has 2 heterocycles. The normalized spacial score (nSPS) is 15.7. The van der Waals surface area contributed by atoms with Crippen LogP contribution in [0.3, 0.4) is 0 Å². The summed E-state index contributed by atoms with van der Waals surface area (Å²) in [5, 5.41) is 2.72. The highest BCUT2D eigenvalue weighted by Gasteiger charge is 2.33. The van der Waals surface area contributed by atoms with Crippen LogP contribution in [0.4, 0.5) is 14.6 Å². The van der Waals surface area contributed by atoms with Crippen LogP contribution in [0.15, 0.2) is 42.7 Å². The second-order valence-corrected chi connectivity index (χ2v) is 6.36. The molecule has 0 bridgehead atoms. The number of nitrogens with one attached hydrogen (secondary N) is 1. The van der Waals surface area contributed by atoms with Gasteiger partial charge in [0.15, 0.2) is 0 Å². The van der Waals surface area contributed by atoms with Crippen LogP contribution in [-0.4, -0.2) is 29.7 Å². The van der Waals surface area contributed by atoms with E-state index in [2.05, 4.69) is 10.3 Å². The van der Waals surface area contributed by atoms with Crippen molar-refractivity contribution < 1.29 is 23.0 Å². The van der Waals surface area contributed by atoms with Gasteiger partial charge in [0.2, 0.25) is 5.91 Å². The lowest BCUT2D eigenvalue weighted by Crippen LogP contribution is -2.25. The van der Waals surface area contributed by atoms with Crippen molar-refractivity contribution in [2.75, 3.05) is 19.5 Å². The van der Waals surface area contributed by atoms with Gasteiger partial charge in [0, 0.05) is 30.0 Å². The Hall–Kier alpha value is -3.42. The van der Waals surface area contributed by atoms with Crippen LogP contribution in [0, 0.1) is 11.6 Å². The smallest absolute Gasteiger partial charge is 0.226 e. The van der Waals surface area contributed by atoms with Crippen molar-refractivity contribution in [2.24, 2.45) is 0 Å². The highest BCUT2D eigenvalue weighted by Crippen LogP contribution is 2.42. The minimum Gasteiger partial charge on any atom is -0.497 e. The summed E-state index contributed by atoms with van der Waals surface area (Å²) in [6.45, 7) is 0. The predicted octanol–water partition coefficient (Wildman–Crippen LogP) is 3.64. The van der Waals surface area contributed by atoms with E-state index in [0.29, 0.717) is 23.0 Å². The molecule has 0 radical (unpaired) electrons. The summed E-state index contributed by atoms with van der Waals surface area (Å²) in [4.78, 5) is 16.8. The van der Waals surface area contributed by atoms with E-state index in [0.717, 1.165) is 23.8 Å². The van der Waals surface area contributed by atoms with Crippen molar-refractivity contribution in [2.45, 2.75) is 12.3 Å². The number of nitrogens with zero attached hydrogens (tertiary/aromatic N) is 2. The highest BCUT2D eigenvalue weighted by molar-refractivity contribution is 5.94. The number of carbonyl (C=O) groups is 1. The second-order valence-electron chi connectivity index (χ2n) is 6.36. The van der Waals surface area contributed by atoms with Crippen LogP contribution >= 0.6 is 0 Å². The Morgan fingerprint density at radius 2 is 1.96 bits per heavy atom. The molecule has 3 aromatic rings. The molecule has 0 unspecified atom stereocenters. The Bertz CT molecular complexity index is 1060. The van der Waals surface area contributed by atoms with Crippen molar-refractivity contribution in [1.82, 2.24) is 9.55 Å². The highest BCUT2D eigenvalue weighted by atomic mass is 19.1. The summed E-state index contributed by atoms with van der Waals surface area (Å²) in [5.74, 6) is -0.390. The molecule has 1 amide bonds. The van der Waals surface area contributed by atoms with Gasteiger partial charge in [0.25, 0.3) is 0 Å². The predicted molar refractivity (Wildman–Crippen MR) is 98.1 cm³/mol. The lowest BCUT2D eigenvalue weighted by atomic mass is 9.89. The first kappa shape index (κ1) is 18.0. The summed E-state index contributed by atoms with van der Waals surface area (Å²) in [7, 11) is 3.08. The van der Waals surface area contributed by atoms with E-state index in [4.69, 9.17) is 9.47 Å². The number of fused-ring (bicyclic) bond motifs is 1. The van der Waals surface area contributed by atoms with Crippen LogP contribution in [-0.2, 0) is 4.79 Å². The van der Waals surface area contributed by atoms with Crippen molar-refractivity contribution in [3.63, 3.8) is 0 Å². The van der Waals surface area contributed by atoms with Crippen molar-refractivity contribution in [1.29, 1.82) is 0 Å². The van der Waals surface area contributed by atoms with Gasteiger partial charge in [-0.15, -0.1) is 0 Å². The molecule has 0 saturated heterocycles. The SMILES string of the molecule is COc1ccc([C@@H]2CC(=O)Nc3c2ncn3-c2cc(F)ccc2F)c(OC)c1. The van der Waals surface area contributed by atoms with Gasteiger partial charge in [0.1, 0.15) is 35.3 Å². The summed E-state index contributed by atoms with van der Waals surface area (Å²) in [5.41, 5.74) is 1.27. The number of amides is 1. The lowest BCUT2D eigenvalue weighted by Gasteiger charge is -2.25.